The molecule has 0 bridgehead atoms. The highest BCUT2D eigenvalue weighted by Gasteiger charge is 2.19. The van der Waals surface area contributed by atoms with Crippen LogP contribution in [-0.4, -0.2) is 28.5 Å². The molecule has 0 aliphatic carbocycles. The second-order valence-electron chi connectivity index (χ2n) is 6.26. The molecule has 0 saturated carbocycles. The lowest BCUT2D eigenvalue weighted by atomic mass is 10.1. The van der Waals surface area contributed by atoms with Gasteiger partial charge in [-0.2, -0.15) is 0 Å². The van der Waals surface area contributed by atoms with Gasteiger partial charge < -0.3 is 9.15 Å². The maximum atomic E-state index is 12.3. The monoisotopic (exact) mass is 508 g/mol. The quantitative estimate of drug-likeness (QED) is 0.259. The van der Waals surface area contributed by atoms with Gasteiger partial charge in [-0.15, -0.1) is 0 Å². The molecule has 3 rings (SSSR count). The molecule has 0 aliphatic rings. The fourth-order valence-electron chi connectivity index (χ4n) is 2.54. The number of rotatable bonds is 6. The number of hydrazine groups is 1. The van der Waals surface area contributed by atoms with Crippen LogP contribution >= 0.6 is 35.4 Å². The maximum Gasteiger partial charge on any atom is 0.293 e. The zero-order chi connectivity index (χ0) is 24.0. The molecule has 170 valence electrons. The summed E-state index contributed by atoms with van der Waals surface area (Å²) in [6.45, 7) is -0.387. The Bertz CT molecular complexity index is 1230. The van der Waals surface area contributed by atoms with Crippen molar-refractivity contribution in [2.75, 3.05) is 6.61 Å². The van der Waals surface area contributed by atoms with Gasteiger partial charge in [-0.1, -0.05) is 35.3 Å². The number of furan rings is 1. The van der Waals surface area contributed by atoms with E-state index in [1.54, 1.807) is 12.1 Å². The number of hydrogen-bond donors (Lipinski definition) is 3. The normalized spacial score (nSPS) is 10.2. The van der Waals surface area contributed by atoms with Crippen molar-refractivity contribution >= 4 is 58.0 Å². The fraction of sp³-hybridized carbons (Fsp3) is 0.0500. The number of amides is 2. The largest absolute Gasteiger partial charge is 0.482 e. The molecule has 0 spiro atoms. The number of ether oxygens (including phenoxy) is 1. The first-order chi connectivity index (χ1) is 15.7. The van der Waals surface area contributed by atoms with E-state index in [-0.39, 0.29) is 45.3 Å². The second kappa shape index (κ2) is 10.8. The van der Waals surface area contributed by atoms with Crippen molar-refractivity contribution in [1.82, 2.24) is 16.2 Å². The number of nitrogens with one attached hydrogen (secondary N) is 3. The summed E-state index contributed by atoms with van der Waals surface area (Å²) in [7, 11) is 0. The number of nitrogens with zero attached hydrogens (tertiary/aromatic N) is 1. The topological polar surface area (TPSA) is 136 Å². The molecule has 3 aromatic rings. The molecule has 3 N–H and O–H groups in total. The zero-order valence-electron chi connectivity index (χ0n) is 16.5. The summed E-state index contributed by atoms with van der Waals surface area (Å²) in [6, 6.07) is 13.3. The summed E-state index contributed by atoms with van der Waals surface area (Å²) in [5.74, 6) is -1.07. The van der Waals surface area contributed by atoms with Crippen molar-refractivity contribution < 1.29 is 23.7 Å². The highest BCUT2D eigenvalue weighted by molar-refractivity contribution is 7.80. The predicted octanol–water partition coefficient (Wildman–Crippen LogP) is 3.88. The number of carbonyl (C=O) groups is 2. The first-order valence-corrected chi connectivity index (χ1v) is 10.2. The average molecular weight is 509 g/mol. The lowest BCUT2D eigenvalue weighted by molar-refractivity contribution is -0.384. The molecular weight excluding hydrogens is 495 g/mol. The summed E-state index contributed by atoms with van der Waals surface area (Å²) >= 11 is 16.7. The van der Waals surface area contributed by atoms with E-state index in [4.69, 9.17) is 44.6 Å². The first kappa shape index (κ1) is 24.0. The van der Waals surface area contributed by atoms with Gasteiger partial charge in [0, 0.05) is 11.1 Å². The van der Waals surface area contributed by atoms with Crippen molar-refractivity contribution in [3.8, 4) is 17.1 Å². The minimum atomic E-state index is -0.726. The number of halogens is 2. The van der Waals surface area contributed by atoms with Crippen LogP contribution in [0, 0.1) is 10.1 Å². The van der Waals surface area contributed by atoms with Crippen LogP contribution in [0.15, 0.2) is 59.0 Å². The van der Waals surface area contributed by atoms with E-state index < -0.39 is 16.7 Å². The molecule has 1 aromatic heterocycles. The molecule has 10 nitrogen and oxygen atoms in total. The Morgan fingerprint density at radius 1 is 1.09 bits per heavy atom. The number of nitro groups is 1. The van der Waals surface area contributed by atoms with E-state index >= 15 is 0 Å². The highest BCUT2D eigenvalue weighted by atomic mass is 35.5. The van der Waals surface area contributed by atoms with Gasteiger partial charge in [-0.25, -0.2) is 0 Å². The van der Waals surface area contributed by atoms with Crippen LogP contribution in [0.5, 0.6) is 5.75 Å². The third-order valence-corrected chi connectivity index (χ3v) is 4.73. The molecule has 0 fully saturated rings. The van der Waals surface area contributed by atoms with E-state index in [2.05, 4.69) is 16.2 Å². The molecule has 0 unspecified atom stereocenters. The van der Waals surface area contributed by atoms with Gasteiger partial charge in [0.05, 0.1) is 15.5 Å². The molecular formula is C20H14Cl2N4O6S. The number of hydrogen-bond acceptors (Lipinski definition) is 7. The maximum absolute atomic E-state index is 12.3. The summed E-state index contributed by atoms with van der Waals surface area (Å²) < 4.78 is 10.7. The molecule has 0 radical (unpaired) electrons. The highest BCUT2D eigenvalue weighted by Crippen LogP contribution is 2.31. The first-order valence-electron chi connectivity index (χ1n) is 9.06. The van der Waals surface area contributed by atoms with E-state index in [0.717, 1.165) is 0 Å². The van der Waals surface area contributed by atoms with Crippen molar-refractivity contribution in [1.29, 1.82) is 0 Å². The molecule has 2 amide bonds. The third kappa shape index (κ3) is 6.42. The van der Waals surface area contributed by atoms with Gasteiger partial charge in [0.1, 0.15) is 11.5 Å². The lowest BCUT2D eigenvalue weighted by Gasteiger charge is -2.11. The molecule has 1 heterocycles. The van der Waals surface area contributed by atoms with Gasteiger partial charge in [0.25, 0.3) is 17.5 Å². The van der Waals surface area contributed by atoms with Crippen LogP contribution in [-0.2, 0) is 4.79 Å². The standard InChI is InChI=1S/C20H14Cl2N4O6S/c21-11-5-6-16(13(22)9-11)31-10-18(27)24-25-20(33)23-19(28)17-8-7-15(32-17)12-3-1-2-4-14(12)26(29)30/h1-9H,10H2,(H,24,27)(H2,23,25,28,33). The second-order valence-corrected chi connectivity index (χ2v) is 7.51. The van der Waals surface area contributed by atoms with Crippen LogP contribution in [0.1, 0.15) is 10.6 Å². The Labute approximate surface area is 201 Å². The minimum Gasteiger partial charge on any atom is -0.482 e. The van der Waals surface area contributed by atoms with Gasteiger partial charge in [0.2, 0.25) is 0 Å². The lowest BCUT2D eigenvalue weighted by Crippen LogP contribution is -2.49. The smallest absolute Gasteiger partial charge is 0.293 e. The van der Waals surface area contributed by atoms with Crippen molar-refractivity contribution in [2.45, 2.75) is 0 Å². The summed E-state index contributed by atoms with van der Waals surface area (Å²) in [6.07, 6.45) is 0. The molecule has 0 saturated heterocycles. The van der Waals surface area contributed by atoms with Gasteiger partial charge >= 0.3 is 0 Å². The molecule has 2 aromatic carbocycles. The van der Waals surface area contributed by atoms with E-state index in [9.17, 15) is 19.7 Å². The van der Waals surface area contributed by atoms with E-state index in [1.165, 1.54) is 42.5 Å². The Morgan fingerprint density at radius 3 is 2.58 bits per heavy atom. The summed E-state index contributed by atoms with van der Waals surface area (Å²) in [5.41, 5.74) is 4.64. The Kier molecular flexibility index (Phi) is 7.83. The van der Waals surface area contributed by atoms with Gasteiger partial charge in [0.15, 0.2) is 17.5 Å². The van der Waals surface area contributed by atoms with Crippen LogP contribution in [0.3, 0.4) is 0 Å². The Balaban J connectivity index is 1.50. The molecule has 33 heavy (non-hydrogen) atoms. The van der Waals surface area contributed by atoms with Gasteiger partial charge in [-0.05, 0) is 48.6 Å². The van der Waals surface area contributed by atoms with Crippen molar-refractivity contribution in [3.05, 3.63) is 80.5 Å². The number of para-hydroxylation sites is 1. The molecule has 0 aliphatic heterocycles. The van der Waals surface area contributed by atoms with E-state index in [1.807, 2.05) is 0 Å². The fourth-order valence-corrected chi connectivity index (χ4v) is 3.15. The number of nitro benzene ring substituents is 1. The average Bonchev–Trinajstić information content (AvgIpc) is 3.27. The zero-order valence-corrected chi connectivity index (χ0v) is 18.8. The van der Waals surface area contributed by atoms with Crippen LogP contribution < -0.4 is 20.9 Å². The third-order valence-electron chi connectivity index (χ3n) is 3.99. The Morgan fingerprint density at radius 2 is 1.85 bits per heavy atom. The summed E-state index contributed by atoms with van der Waals surface area (Å²) in [5, 5.41) is 13.9. The summed E-state index contributed by atoms with van der Waals surface area (Å²) in [4.78, 5) is 34.8. The number of thiocarbonyl (C=S) groups is 1. The van der Waals surface area contributed by atoms with Crippen molar-refractivity contribution in [3.63, 3.8) is 0 Å². The number of benzene rings is 2. The van der Waals surface area contributed by atoms with Crippen molar-refractivity contribution in [2.24, 2.45) is 0 Å². The number of carbonyl (C=O) groups excluding carboxylic acids is 2. The minimum absolute atomic E-state index is 0.137. The molecule has 13 heteroatoms. The van der Waals surface area contributed by atoms with Crippen LogP contribution in [0.2, 0.25) is 10.0 Å². The predicted molar refractivity (Wildman–Crippen MR) is 124 cm³/mol. The van der Waals surface area contributed by atoms with Crippen LogP contribution in [0.4, 0.5) is 5.69 Å². The Hall–Kier alpha value is -3.67. The molecule has 0 atom stereocenters. The van der Waals surface area contributed by atoms with Gasteiger partial charge in [-0.3, -0.25) is 35.9 Å². The van der Waals surface area contributed by atoms with Crippen LogP contribution in [0.25, 0.3) is 11.3 Å². The van der Waals surface area contributed by atoms with E-state index in [0.29, 0.717) is 5.02 Å². The SMILES string of the molecule is O=C(COc1ccc(Cl)cc1Cl)NNC(=S)NC(=O)c1ccc(-c2ccccc2[N+](=O)[O-])o1.